The molecule has 0 aromatic heterocycles. The highest BCUT2D eigenvalue weighted by Gasteiger charge is 2.56. The van der Waals surface area contributed by atoms with Crippen molar-refractivity contribution < 1.29 is 9.59 Å². The van der Waals surface area contributed by atoms with E-state index in [0.29, 0.717) is 30.1 Å². The molecule has 5 heteroatoms. The lowest BCUT2D eigenvalue weighted by Crippen LogP contribution is -2.40. The maximum atomic E-state index is 12.5. The number of rotatable bonds is 7. The summed E-state index contributed by atoms with van der Waals surface area (Å²) in [6.45, 7) is 0.573. The van der Waals surface area contributed by atoms with Crippen LogP contribution in [0.25, 0.3) is 0 Å². The first-order valence-corrected chi connectivity index (χ1v) is 8.87. The van der Waals surface area contributed by atoms with E-state index in [1.165, 1.54) is 5.56 Å². The molecule has 1 aliphatic carbocycles. The fourth-order valence-electron chi connectivity index (χ4n) is 2.77. The Morgan fingerprint density at radius 3 is 2.28 bits per heavy atom. The summed E-state index contributed by atoms with van der Waals surface area (Å²) >= 11 is 5.84. The van der Waals surface area contributed by atoms with Gasteiger partial charge < -0.3 is 10.6 Å². The summed E-state index contributed by atoms with van der Waals surface area (Å²) in [5, 5.41) is 6.33. The summed E-state index contributed by atoms with van der Waals surface area (Å²) in [6.07, 6.45) is 2.95. The van der Waals surface area contributed by atoms with E-state index in [2.05, 4.69) is 22.8 Å². The molecule has 3 rings (SSSR count). The minimum Gasteiger partial charge on any atom is -0.355 e. The van der Waals surface area contributed by atoms with Gasteiger partial charge >= 0.3 is 0 Å². The van der Waals surface area contributed by atoms with Crippen LogP contribution < -0.4 is 10.6 Å². The molecule has 0 bridgehead atoms. The van der Waals surface area contributed by atoms with Crippen LogP contribution in [0.2, 0.25) is 5.02 Å². The molecule has 2 aromatic rings. The van der Waals surface area contributed by atoms with E-state index in [0.717, 1.165) is 12.8 Å². The largest absolute Gasteiger partial charge is 0.355 e. The fraction of sp³-hybridized carbons (Fsp3) is 0.300. The van der Waals surface area contributed by atoms with Gasteiger partial charge in [0.15, 0.2) is 0 Å². The molecule has 0 saturated heterocycles. The van der Waals surface area contributed by atoms with E-state index in [-0.39, 0.29) is 11.8 Å². The molecule has 1 fully saturated rings. The Bertz CT molecular complexity index is 740. The van der Waals surface area contributed by atoms with Crippen molar-refractivity contribution >= 4 is 29.1 Å². The van der Waals surface area contributed by atoms with Gasteiger partial charge in [-0.25, -0.2) is 0 Å². The van der Waals surface area contributed by atoms with Gasteiger partial charge in [0.2, 0.25) is 11.8 Å². The summed E-state index contributed by atoms with van der Waals surface area (Å²) in [5.74, 6) is -0.414. The van der Waals surface area contributed by atoms with Crippen molar-refractivity contribution in [2.24, 2.45) is 5.41 Å². The number of hydrogen-bond acceptors (Lipinski definition) is 2. The summed E-state index contributed by atoms with van der Waals surface area (Å²) in [4.78, 5) is 24.9. The molecular weight excluding hydrogens is 336 g/mol. The Hall–Kier alpha value is -2.33. The van der Waals surface area contributed by atoms with E-state index >= 15 is 0 Å². The monoisotopic (exact) mass is 356 g/mol. The number of nitrogens with one attached hydrogen (secondary N) is 2. The quantitative estimate of drug-likeness (QED) is 0.585. The average Bonchev–Trinajstić information content (AvgIpc) is 3.43. The second kappa shape index (κ2) is 7.70. The molecule has 0 spiro atoms. The van der Waals surface area contributed by atoms with E-state index in [9.17, 15) is 9.59 Å². The molecule has 0 atom stereocenters. The summed E-state index contributed by atoms with van der Waals surface area (Å²) in [7, 11) is 0. The van der Waals surface area contributed by atoms with Crippen LogP contribution in [0.4, 0.5) is 5.69 Å². The van der Waals surface area contributed by atoms with Crippen molar-refractivity contribution in [2.45, 2.75) is 25.7 Å². The van der Waals surface area contributed by atoms with E-state index in [1.54, 1.807) is 24.3 Å². The molecule has 1 saturated carbocycles. The molecule has 0 radical (unpaired) electrons. The number of carbonyl (C=O) groups is 2. The van der Waals surface area contributed by atoms with Crippen molar-refractivity contribution in [2.75, 3.05) is 11.9 Å². The van der Waals surface area contributed by atoms with Crippen LogP contribution in [0.3, 0.4) is 0 Å². The molecule has 130 valence electrons. The number of benzene rings is 2. The first kappa shape index (κ1) is 17.5. The highest BCUT2D eigenvalue weighted by molar-refractivity contribution is 6.30. The third-order valence-electron chi connectivity index (χ3n) is 4.49. The van der Waals surface area contributed by atoms with E-state index < -0.39 is 5.41 Å². The van der Waals surface area contributed by atoms with Gasteiger partial charge in [0, 0.05) is 17.3 Å². The Morgan fingerprint density at radius 2 is 1.64 bits per heavy atom. The Labute approximate surface area is 152 Å². The lowest BCUT2D eigenvalue weighted by molar-refractivity contribution is -0.134. The number of carbonyl (C=O) groups excluding carboxylic acids is 2. The van der Waals surface area contributed by atoms with Crippen LogP contribution in [0, 0.1) is 5.41 Å². The number of aryl methyl sites for hydroxylation is 1. The number of halogens is 1. The Morgan fingerprint density at radius 1 is 0.960 bits per heavy atom. The van der Waals surface area contributed by atoms with Crippen LogP contribution in [0.5, 0.6) is 0 Å². The van der Waals surface area contributed by atoms with Gasteiger partial charge in [-0.15, -0.1) is 0 Å². The zero-order valence-corrected chi connectivity index (χ0v) is 14.7. The molecule has 2 N–H and O–H groups in total. The Balaban J connectivity index is 1.47. The highest BCUT2D eigenvalue weighted by Crippen LogP contribution is 2.46. The third-order valence-corrected chi connectivity index (χ3v) is 4.74. The molecule has 0 aliphatic heterocycles. The fourth-order valence-corrected chi connectivity index (χ4v) is 2.90. The molecule has 2 aromatic carbocycles. The molecular formula is C20H21ClN2O2. The summed E-state index contributed by atoms with van der Waals surface area (Å²) in [5.41, 5.74) is 0.989. The van der Waals surface area contributed by atoms with Crippen molar-refractivity contribution in [3.05, 3.63) is 65.2 Å². The van der Waals surface area contributed by atoms with Gasteiger partial charge in [0.25, 0.3) is 0 Å². The highest BCUT2D eigenvalue weighted by atomic mass is 35.5. The second-order valence-electron chi connectivity index (χ2n) is 6.39. The summed E-state index contributed by atoms with van der Waals surface area (Å²) in [6, 6.07) is 17.0. The van der Waals surface area contributed by atoms with Crippen LogP contribution in [0.1, 0.15) is 24.8 Å². The topological polar surface area (TPSA) is 58.2 Å². The first-order chi connectivity index (χ1) is 12.1. The van der Waals surface area contributed by atoms with Crippen LogP contribution >= 0.6 is 11.6 Å². The van der Waals surface area contributed by atoms with Crippen molar-refractivity contribution in [3.8, 4) is 0 Å². The van der Waals surface area contributed by atoms with Crippen LogP contribution in [-0.2, 0) is 16.0 Å². The number of amides is 2. The van der Waals surface area contributed by atoms with Crippen molar-refractivity contribution in [1.29, 1.82) is 0 Å². The van der Waals surface area contributed by atoms with Gasteiger partial charge in [0.1, 0.15) is 5.41 Å². The van der Waals surface area contributed by atoms with Crippen molar-refractivity contribution in [3.63, 3.8) is 0 Å². The van der Waals surface area contributed by atoms with Gasteiger partial charge in [0.05, 0.1) is 0 Å². The predicted octanol–water partition coefficient (Wildman–Crippen LogP) is 3.81. The maximum absolute atomic E-state index is 12.5. The van der Waals surface area contributed by atoms with Gasteiger partial charge in [-0.2, -0.15) is 0 Å². The lowest BCUT2D eigenvalue weighted by Gasteiger charge is -2.15. The molecule has 4 nitrogen and oxygen atoms in total. The molecule has 2 amide bonds. The maximum Gasteiger partial charge on any atom is 0.240 e. The van der Waals surface area contributed by atoms with Crippen LogP contribution in [0.15, 0.2) is 54.6 Å². The summed E-state index contributed by atoms with van der Waals surface area (Å²) < 4.78 is 0. The van der Waals surface area contributed by atoms with E-state index in [4.69, 9.17) is 11.6 Å². The normalized spacial score (nSPS) is 14.6. The van der Waals surface area contributed by atoms with Crippen molar-refractivity contribution in [1.82, 2.24) is 5.32 Å². The van der Waals surface area contributed by atoms with Gasteiger partial charge in [-0.1, -0.05) is 41.9 Å². The molecule has 0 unspecified atom stereocenters. The standard InChI is InChI=1S/C20H21ClN2O2/c21-16-8-10-17(11-9-16)23-19(25)20(12-13-20)18(24)22-14-4-7-15-5-2-1-3-6-15/h1-3,5-6,8-11H,4,7,12-14H2,(H,22,24)(H,23,25). The number of hydrogen-bond donors (Lipinski definition) is 2. The zero-order valence-electron chi connectivity index (χ0n) is 13.9. The second-order valence-corrected chi connectivity index (χ2v) is 6.82. The molecule has 25 heavy (non-hydrogen) atoms. The smallest absolute Gasteiger partial charge is 0.240 e. The SMILES string of the molecule is O=C(NCCCc1ccccc1)C1(C(=O)Nc2ccc(Cl)cc2)CC1. The van der Waals surface area contributed by atoms with Gasteiger partial charge in [-0.3, -0.25) is 9.59 Å². The Kier molecular flexibility index (Phi) is 5.39. The van der Waals surface area contributed by atoms with Gasteiger partial charge in [-0.05, 0) is 55.5 Å². The average molecular weight is 357 g/mol. The lowest BCUT2D eigenvalue weighted by atomic mass is 10.0. The third kappa shape index (κ3) is 4.40. The van der Waals surface area contributed by atoms with E-state index in [1.807, 2.05) is 18.2 Å². The number of anilines is 1. The predicted molar refractivity (Wildman–Crippen MR) is 99.5 cm³/mol. The molecule has 1 aliphatic rings. The van der Waals surface area contributed by atoms with Crippen LogP contribution in [-0.4, -0.2) is 18.4 Å². The zero-order chi connectivity index (χ0) is 17.7. The minimum absolute atomic E-state index is 0.174. The minimum atomic E-state index is -0.910. The molecule has 0 heterocycles. The first-order valence-electron chi connectivity index (χ1n) is 8.49.